The van der Waals surface area contributed by atoms with Gasteiger partial charge in [0.2, 0.25) is 0 Å². The van der Waals surface area contributed by atoms with Crippen molar-refractivity contribution in [1.29, 1.82) is 0 Å². The molecule has 0 aromatic heterocycles. The molecule has 2 aliphatic rings. The van der Waals surface area contributed by atoms with Gasteiger partial charge in [-0.3, -0.25) is 10.1 Å². The summed E-state index contributed by atoms with van der Waals surface area (Å²) >= 11 is 0. The number of ether oxygens (including phenoxy) is 1. The Labute approximate surface area is 129 Å². The minimum Gasteiger partial charge on any atom is -0.465 e. The number of nitrogens with one attached hydrogen (secondary N) is 1. The lowest BCUT2D eigenvalue weighted by Gasteiger charge is -2.37. The third-order valence-electron chi connectivity index (χ3n) is 4.92. The van der Waals surface area contributed by atoms with Gasteiger partial charge in [0, 0.05) is 18.6 Å². The number of carbonyl (C=O) groups excluding carboxylic acids is 1. The van der Waals surface area contributed by atoms with E-state index < -0.39 is 5.54 Å². The Kier molecular flexibility index (Phi) is 5.67. The lowest BCUT2D eigenvalue weighted by atomic mass is 9.94. The molecule has 2 fully saturated rings. The van der Waals surface area contributed by atoms with Gasteiger partial charge in [0.15, 0.2) is 0 Å². The summed E-state index contributed by atoms with van der Waals surface area (Å²) in [5, 5.41) is 3.52. The second-order valence-corrected chi connectivity index (χ2v) is 7.24. The maximum Gasteiger partial charge on any atom is 0.326 e. The molecule has 1 aliphatic carbocycles. The average molecular weight is 296 g/mol. The van der Waals surface area contributed by atoms with Gasteiger partial charge < -0.3 is 9.64 Å². The van der Waals surface area contributed by atoms with Gasteiger partial charge in [0.05, 0.1) is 6.61 Å². The fourth-order valence-electron chi connectivity index (χ4n) is 4.09. The van der Waals surface area contributed by atoms with Gasteiger partial charge in [0.25, 0.3) is 0 Å². The second kappa shape index (κ2) is 7.10. The van der Waals surface area contributed by atoms with E-state index in [1.165, 1.54) is 25.9 Å². The van der Waals surface area contributed by atoms with Crippen molar-refractivity contribution >= 4 is 5.97 Å². The lowest BCUT2D eigenvalue weighted by Crippen LogP contribution is -2.55. The minimum absolute atomic E-state index is 0.0498. The van der Waals surface area contributed by atoms with Gasteiger partial charge in [-0.1, -0.05) is 6.92 Å². The number of rotatable bonds is 5. The van der Waals surface area contributed by atoms with Crippen LogP contribution in [0.25, 0.3) is 0 Å². The molecule has 4 heteroatoms. The fraction of sp³-hybridized carbons (Fsp3) is 0.941. The molecule has 0 radical (unpaired) electrons. The normalized spacial score (nSPS) is 34.3. The average Bonchev–Trinajstić information content (AvgIpc) is 2.84. The van der Waals surface area contributed by atoms with Crippen molar-refractivity contribution in [3.63, 3.8) is 0 Å². The van der Waals surface area contributed by atoms with Gasteiger partial charge in [-0.05, 0) is 65.3 Å². The third kappa shape index (κ3) is 3.98. The molecule has 2 rings (SSSR count). The molecule has 4 nitrogen and oxygen atoms in total. The maximum absolute atomic E-state index is 12.5. The van der Waals surface area contributed by atoms with Gasteiger partial charge in [-0.25, -0.2) is 0 Å². The van der Waals surface area contributed by atoms with E-state index in [0.717, 1.165) is 25.2 Å². The van der Waals surface area contributed by atoms with E-state index in [9.17, 15) is 4.79 Å². The van der Waals surface area contributed by atoms with Crippen molar-refractivity contribution in [3.8, 4) is 0 Å². The molecule has 3 unspecified atom stereocenters. The van der Waals surface area contributed by atoms with E-state index in [-0.39, 0.29) is 5.97 Å². The molecule has 0 aromatic rings. The van der Waals surface area contributed by atoms with Crippen LogP contribution in [-0.4, -0.2) is 48.2 Å². The van der Waals surface area contributed by atoms with Crippen molar-refractivity contribution in [3.05, 3.63) is 0 Å². The van der Waals surface area contributed by atoms with E-state index in [2.05, 4.69) is 31.0 Å². The number of piperidine rings is 1. The Morgan fingerprint density at radius 1 is 1.43 bits per heavy atom. The Morgan fingerprint density at radius 2 is 2.19 bits per heavy atom. The lowest BCUT2D eigenvalue weighted by molar-refractivity contribution is -0.151. The molecule has 0 bridgehead atoms. The van der Waals surface area contributed by atoms with E-state index in [1.54, 1.807) is 0 Å². The molecule has 0 aromatic carbocycles. The smallest absolute Gasteiger partial charge is 0.326 e. The van der Waals surface area contributed by atoms with Crippen LogP contribution in [0.4, 0.5) is 0 Å². The topological polar surface area (TPSA) is 41.6 Å². The molecule has 3 atom stereocenters. The molecule has 21 heavy (non-hydrogen) atoms. The highest BCUT2D eigenvalue weighted by atomic mass is 16.5. The molecule has 0 spiro atoms. The Hall–Kier alpha value is -0.610. The molecule has 1 heterocycles. The second-order valence-electron chi connectivity index (χ2n) is 7.24. The van der Waals surface area contributed by atoms with E-state index in [0.29, 0.717) is 18.7 Å². The summed E-state index contributed by atoms with van der Waals surface area (Å²) in [5.74, 6) is 0.737. The zero-order valence-corrected chi connectivity index (χ0v) is 14.2. The zero-order chi connectivity index (χ0) is 15.5. The van der Waals surface area contributed by atoms with Crippen LogP contribution in [0.3, 0.4) is 0 Å². The van der Waals surface area contributed by atoms with E-state index >= 15 is 0 Å². The van der Waals surface area contributed by atoms with Gasteiger partial charge >= 0.3 is 5.97 Å². The predicted octanol–water partition coefficient (Wildman–Crippen LogP) is 2.57. The van der Waals surface area contributed by atoms with Crippen LogP contribution in [0.15, 0.2) is 0 Å². The fourth-order valence-corrected chi connectivity index (χ4v) is 4.09. The van der Waals surface area contributed by atoms with Crippen molar-refractivity contribution in [2.45, 2.75) is 77.4 Å². The van der Waals surface area contributed by atoms with Gasteiger partial charge in [-0.15, -0.1) is 0 Å². The van der Waals surface area contributed by atoms with Crippen LogP contribution in [0.5, 0.6) is 0 Å². The first-order valence-electron chi connectivity index (χ1n) is 8.66. The summed E-state index contributed by atoms with van der Waals surface area (Å²) in [6, 6.07) is 0.830. The molecule has 0 amide bonds. The monoisotopic (exact) mass is 296 g/mol. The molecule has 1 saturated heterocycles. The van der Waals surface area contributed by atoms with Crippen LogP contribution < -0.4 is 5.32 Å². The highest BCUT2D eigenvalue weighted by molar-refractivity contribution is 5.81. The molecular formula is C17H32N2O2. The summed E-state index contributed by atoms with van der Waals surface area (Å²) in [5.41, 5.74) is -0.463. The van der Waals surface area contributed by atoms with Crippen molar-refractivity contribution < 1.29 is 9.53 Å². The predicted molar refractivity (Wildman–Crippen MR) is 85.2 cm³/mol. The van der Waals surface area contributed by atoms with Crippen molar-refractivity contribution in [1.82, 2.24) is 10.2 Å². The van der Waals surface area contributed by atoms with Crippen LogP contribution in [0, 0.1) is 5.92 Å². The standard InChI is InChI=1S/C17H32N2O2/c1-5-21-16(20)17(18-13(2)3)9-8-15(11-17)19-10-6-7-14(4)12-19/h13-15,18H,5-12H2,1-4H3. The van der Waals surface area contributed by atoms with E-state index in [4.69, 9.17) is 4.74 Å². The van der Waals surface area contributed by atoms with Gasteiger partial charge in [0.1, 0.15) is 5.54 Å². The van der Waals surface area contributed by atoms with Crippen LogP contribution >= 0.6 is 0 Å². The quantitative estimate of drug-likeness (QED) is 0.792. The maximum atomic E-state index is 12.5. The summed E-state index contributed by atoms with van der Waals surface area (Å²) in [7, 11) is 0. The number of carbonyl (C=O) groups is 1. The van der Waals surface area contributed by atoms with E-state index in [1.807, 2.05) is 6.92 Å². The number of hydrogen-bond donors (Lipinski definition) is 1. The number of esters is 1. The molecule has 1 saturated carbocycles. The Bertz CT molecular complexity index is 359. The summed E-state index contributed by atoms with van der Waals surface area (Å²) in [6.45, 7) is 11.3. The molecule has 122 valence electrons. The molecule has 1 N–H and O–H groups in total. The molecule has 1 aliphatic heterocycles. The van der Waals surface area contributed by atoms with Crippen molar-refractivity contribution in [2.24, 2.45) is 5.92 Å². The van der Waals surface area contributed by atoms with Crippen LogP contribution in [-0.2, 0) is 9.53 Å². The van der Waals surface area contributed by atoms with Crippen LogP contribution in [0.2, 0.25) is 0 Å². The Balaban J connectivity index is 2.04. The molecular weight excluding hydrogens is 264 g/mol. The number of likely N-dealkylation sites (tertiary alicyclic amines) is 1. The zero-order valence-electron chi connectivity index (χ0n) is 14.2. The number of nitrogens with zero attached hydrogens (tertiary/aromatic N) is 1. The number of hydrogen-bond acceptors (Lipinski definition) is 4. The first-order chi connectivity index (χ1) is 9.97. The highest BCUT2D eigenvalue weighted by Gasteiger charge is 2.48. The van der Waals surface area contributed by atoms with Crippen molar-refractivity contribution in [2.75, 3.05) is 19.7 Å². The SMILES string of the molecule is CCOC(=O)C1(NC(C)C)CCC(N2CCCC(C)C2)C1. The summed E-state index contributed by atoms with van der Waals surface area (Å²) < 4.78 is 5.37. The third-order valence-corrected chi connectivity index (χ3v) is 4.92. The highest BCUT2D eigenvalue weighted by Crippen LogP contribution is 2.36. The largest absolute Gasteiger partial charge is 0.465 e. The first kappa shape index (κ1) is 16.8. The first-order valence-corrected chi connectivity index (χ1v) is 8.66. The minimum atomic E-state index is -0.463. The Morgan fingerprint density at radius 3 is 2.81 bits per heavy atom. The van der Waals surface area contributed by atoms with Crippen LogP contribution in [0.1, 0.15) is 59.8 Å². The van der Waals surface area contributed by atoms with Gasteiger partial charge in [-0.2, -0.15) is 0 Å². The summed E-state index contributed by atoms with van der Waals surface area (Å²) in [4.78, 5) is 15.1. The summed E-state index contributed by atoms with van der Waals surface area (Å²) in [6.07, 6.45) is 5.54.